The van der Waals surface area contributed by atoms with Gasteiger partial charge in [-0.2, -0.15) is 0 Å². The number of esters is 2. The number of hydrogen-bond acceptors (Lipinski definition) is 6. The Morgan fingerprint density at radius 1 is 1.15 bits per heavy atom. The molecule has 2 aliphatic heterocycles. The van der Waals surface area contributed by atoms with E-state index in [1.165, 1.54) is 26.0 Å². The van der Waals surface area contributed by atoms with Crippen LogP contribution in [-0.2, 0) is 23.8 Å². The maximum absolute atomic E-state index is 11.6. The number of fused-ring (bicyclic) bond motifs is 2. The second kappa shape index (κ2) is 8.08. The van der Waals surface area contributed by atoms with Crippen LogP contribution >= 0.6 is 0 Å². The standard InChI is InChI=1S/C20H24O7/c1-11(21)25-10-16-15(17-6-7-18(16)27-17)9-19(26-12(2)22)13-4-3-5-14(8-13)20(23)24/h3-5,8,15-19H,6-7,9-10H2,1-2H3,(H,23,24)/t15-,16+,17+,18-,19?/m1/s1. The minimum absolute atomic E-state index is 0.0382. The van der Waals surface area contributed by atoms with E-state index < -0.39 is 18.0 Å². The average Bonchev–Trinajstić information content (AvgIpc) is 3.21. The molecule has 0 aliphatic carbocycles. The summed E-state index contributed by atoms with van der Waals surface area (Å²) in [5.74, 6) is -1.67. The maximum Gasteiger partial charge on any atom is 0.335 e. The van der Waals surface area contributed by atoms with E-state index in [1.54, 1.807) is 12.1 Å². The monoisotopic (exact) mass is 376 g/mol. The number of carbonyl (C=O) groups excluding carboxylic acids is 2. The van der Waals surface area contributed by atoms with E-state index in [2.05, 4.69) is 0 Å². The number of ether oxygens (including phenoxy) is 3. The van der Waals surface area contributed by atoms with Crippen LogP contribution in [0.25, 0.3) is 0 Å². The highest BCUT2D eigenvalue weighted by molar-refractivity contribution is 5.87. The Hall–Kier alpha value is -2.41. The first-order valence-electron chi connectivity index (χ1n) is 9.14. The smallest absolute Gasteiger partial charge is 0.335 e. The van der Waals surface area contributed by atoms with Crippen molar-refractivity contribution in [2.45, 2.75) is 51.4 Å². The van der Waals surface area contributed by atoms with Gasteiger partial charge in [0.2, 0.25) is 0 Å². The SMILES string of the molecule is CC(=O)OC[C@H]1[C@@H](CC(OC(C)=O)c2cccc(C(=O)O)c2)[C@@H]2CC[C@H]1O2. The Kier molecular flexibility index (Phi) is 5.79. The Labute approximate surface area is 157 Å². The van der Waals surface area contributed by atoms with E-state index in [0.717, 1.165) is 12.8 Å². The highest BCUT2D eigenvalue weighted by atomic mass is 16.5. The lowest BCUT2D eigenvalue weighted by Crippen LogP contribution is -2.33. The van der Waals surface area contributed by atoms with Crippen molar-refractivity contribution >= 4 is 17.9 Å². The fourth-order valence-corrected chi connectivity index (χ4v) is 4.21. The van der Waals surface area contributed by atoms with Gasteiger partial charge in [0, 0.05) is 19.8 Å². The Bertz CT molecular complexity index is 729. The summed E-state index contributed by atoms with van der Waals surface area (Å²) in [5, 5.41) is 9.23. The lowest BCUT2D eigenvalue weighted by atomic mass is 9.76. The first-order chi connectivity index (χ1) is 12.8. The number of carbonyl (C=O) groups is 3. The molecule has 7 nitrogen and oxygen atoms in total. The molecule has 27 heavy (non-hydrogen) atoms. The van der Waals surface area contributed by atoms with E-state index in [0.29, 0.717) is 12.0 Å². The molecule has 7 heteroatoms. The van der Waals surface area contributed by atoms with Gasteiger partial charge in [-0.1, -0.05) is 12.1 Å². The lowest BCUT2D eigenvalue weighted by Gasteiger charge is -2.30. The van der Waals surface area contributed by atoms with Crippen molar-refractivity contribution in [1.82, 2.24) is 0 Å². The molecule has 1 N–H and O–H groups in total. The zero-order chi connectivity index (χ0) is 19.6. The van der Waals surface area contributed by atoms with Crippen LogP contribution in [0.15, 0.2) is 24.3 Å². The third kappa shape index (κ3) is 4.47. The van der Waals surface area contributed by atoms with Crippen LogP contribution in [0.2, 0.25) is 0 Å². The van der Waals surface area contributed by atoms with Crippen molar-refractivity contribution < 1.29 is 33.7 Å². The second-order valence-electron chi connectivity index (χ2n) is 7.19. The first-order valence-corrected chi connectivity index (χ1v) is 9.14. The zero-order valence-corrected chi connectivity index (χ0v) is 15.4. The quantitative estimate of drug-likeness (QED) is 0.731. The molecule has 2 bridgehead atoms. The molecule has 2 heterocycles. The van der Waals surface area contributed by atoms with Crippen LogP contribution in [0, 0.1) is 11.8 Å². The van der Waals surface area contributed by atoms with E-state index >= 15 is 0 Å². The molecule has 1 aromatic rings. The molecular weight excluding hydrogens is 352 g/mol. The van der Waals surface area contributed by atoms with Crippen LogP contribution in [0.4, 0.5) is 0 Å². The molecule has 0 aromatic heterocycles. The van der Waals surface area contributed by atoms with Gasteiger partial charge < -0.3 is 19.3 Å². The predicted octanol–water partition coefficient (Wildman–Crippen LogP) is 2.74. The van der Waals surface area contributed by atoms with Crippen LogP contribution in [-0.4, -0.2) is 41.8 Å². The van der Waals surface area contributed by atoms with Crippen LogP contribution in [0.5, 0.6) is 0 Å². The van der Waals surface area contributed by atoms with Gasteiger partial charge in [-0.25, -0.2) is 4.79 Å². The molecule has 0 radical (unpaired) electrons. The second-order valence-corrected chi connectivity index (χ2v) is 7.19. The topological polar surface area (TPSA) is 99.1 Å². The predicted molar refractivity (Wildman–Crippen MR) is 94.0 cm³/mol. The number of carboxylic acids is 1. The molecule has 5 atom stereocenters. The highest BCUT2D eigenvalue weighted by Crippen LogP contribution is 2.47. The molecular formula is C20H24O7. The molecule has 3 rings (SSSR count). The van der Waals surface area contributed by atoms with Crippen molar-refractivity contribution in [2.75, 3.05) is 6.61 Å². The third-order valence-corrected chi connectivity index (χ3v) is 5.37. The summed E-state index contributed by atoms with van der Waals surface area (Å²) in [5.41, 5.74) is 0.782. The number of benzene rings is 1. The number of hydrogen-bond donors (Lipinski definition) is 1. The van der Waals surface area contributed by atoms with Gasteiger partial charge in [0.1, 0.15) is 6.10 Å². The molecule has 2 aliphatic rings. The van der Waals surface area contributed by atoms with E-state index in [-0.39, 0.29) is 42.2 Å². The number of carboxylic acid groups (broad SMARTS) is 1. The van der Waals surface area contributed by atoms with Gasteiger partial charge in [0.25, 0.3) is 0 Å². The van der Waals surface area contributed by atoms with Gasteiger partial charge in [0.05, 0.1) is 24.4 Å². The van der Waals surface area contributed by atoms with E-state index in [9.17, 15) is 19.5 Å². The minimum Gasteiger partial charge on any atom is -0.478 e. The van der Waals surface area contributed by atoms with Crippen molar-refractivity contribution in [2.24, 2.45) is 11.8 Å². The lowest BCUT2D eigenvalue weighted by molar-refractivity contribution is -0.148. The Morgan fingerprint density at radius 3 is 2.48 bits per heavy atom. The summed E-state index contributed by atoms with van der Waals surface area (Å²) in [4.78, 5) is 34.1. The summed E-state index contributed by atoms with van der Waals surface area (Å²) in [6.45, 7) is 2.99. The van der Waals surface area contributed by atoms with Gasteiger partial charge in [-0.3, -0.25) is 9.59 Å². The molecule has 2 saturated heterocycles. The van der Waals surface area contributed by atoms with E-state index in [1.807, 2.05) is 0 Å². The third-order valence-electron chi connectivity index (χ3n) is 5.37. The molecule has 0 amide bonds. The summed E-state index contributed by atoms with van der Waals surface area (Å²) in [6, 6.07) is 6.43. The summed E-state index contributed by atoms with van der Waals surface area (Å²) < 4.78 is 16.8. The van der Waals surface area contributed by atoms with Crippen molar-refractivity contribution in [1.29, 1.82) is 0 Å². The summed E-state index contributed by atoms with van der Waals surface area (Å²) in [7, 11) is 0. The van der Waals surface area contributed by atoms with Gasteiger partial charge in [-0.05, 0) is 42.9 Å². The highest BCUT2D eigenvalue weighted by Gasteiger charge is 2.50. The van der Waals surface area contributed by atoms with Gasteiger partial charge in [-0.15, -0.1) is 0 Å². The fraction of sp³-hybridized carbons (Fsp3) is 0.550. The number of rotatable bonds is 7. The number of aromatic carboxylic acids is 1. The first kappa shape index (κ1) is 19.4. The maximum atomic E-state index is 11.6. The van der Waals surface area contributed by atoms with Crippen LogP contribution in [0.1, 0.15) is 55.1 Å². The van der Waals surface area contributed by atoms with Gasteiger partial charge in [0.15, 0.2) is 0 Å². The molecule has 2 fully saturated rings. The fourth-order valence-electron chi connectivity index (χ4n) is 4.21. The molecule has 1 aromatic carbocycles. The zero-order valence-electron chi connectivity index (χ0n) is 15.4. The Morgan fingerprint density at radius 2 is 1.85 bits per heavy atom. The van der Waals surface area contributed by atoms with Crippen LogP contribution < -0.4 is 0 Å². The van der Waals surface area contributed by atoms with E-state index in [4.69, 9.17) is 14.2 Å². The minimum atomic E-state index is -1.03. The van der Waals surface area contributed by atoms with Crippen molar-refractivity contribution in [3.8, 4) is 0 Å². The molecule has 146 valence electrons. The summed E-state index contributed by atoms with van der Waals surface area (Å²) in [6.07, 6.45) is 1.86. The van der Waals surface area contributed by atoms with Crippen LogP contribution in [0.3, 0.4) is 0 Å². The molecule has 0 saturated carbocycles. The van der Waals surface area contributed by atoms with Crippen molar-refractivity contribution in [3.05, 3.63) is 35.4 Å². The average molecular weight is 376 g/mol. The van der Waals surface area contributed by atoms with Gasteiger partial charge >= 0.3 is 17.9 Å². The van der Waals surface area contributed by atoms with Crippen molar-refractivity contribution in [3.63, 3.8) is 0 Å². The summed E-state index contributed by atoms with van der Waals surface area (Å²) >= 11 is 0. The molecule has 1 unspecified atom stereocenters. The normalized spacial score (nSPS) is 27.2. The molecule has 0 spiro atoms. The Balaban J connectivity index is 1.81. The largest absolute Gasteiger partial charge is 0.478 e.